The number of carbonyl (C=O) groups is 2. The molecule has 2 amide bonds. The Morgan fingerprint density at radius 2 is 2.00 bits per heavy atom. The lowest BCUT2D eigenvalue weighted by Gasteiger charge is -2.36. The van der Waals surface area contributed by atoms with Gasteiger partial charge in [0, 0.05) is 18.3 Å². The highest BCUT2D eigenvalue weighted by molar-refractivity contribution is 5.98. The molecule has 1 aliphatic carbocycles. The molecule has 9 heteroatoms. The lowest BCUT2D eigenvalue weighted by atomic mass is 9.86. The first-order valence-electron chi connectivity index (χ1n) is 12.5. The molecule has 1 aliphatic heterocycles. The second kappa shape index (κ2) is 9.53. The molecule has 2 aromatic carbocycles. The highest BCUT2D eigenvalue weighted by Gasteiger charge is 2.37. The molecule has 37 heavy (non-hydrogen) atoms. The summed E-state index contributed by atoms with van der Waals surface area (Å²) in [4.78, 5) is 39.9. The van der Waals surface area contributed by atoms with E-state index in [0.29, 0.717) is 42.1 Å². The van der Waals surface area contributed by atoms with Gasteiger partial charge in [0.05, 0.1) is 13.0 Å². The van der Waals surface area contributed by atoms with Crippen LogP contribution >= 0.6 is 0 Å². The number of aromatic amines is 1. The molecule has 2 heterocycles. The fourth-order valence-corrected chi connectivity index (χ4v) is 5.54. The molecule has 0 bridgehead atoms. The Balaban J connectivity index is 1.47. The number of aryl methyl sites for hydroxylation is 1. The molecule has 0 saturated carbocycles. The second-order valence-electron chi connectivity index (χ2n) is 10.3. The highest BCUT2D eigenvalue weighted by atomic mass is 19.1. The van der Waals surface area contributed by atoms with Gasteiger partial charge in [0.1, 0.15) is 23.4 Å². The molecule has 2 N–H and O–H groups in total. The number of halogens is 1. The Morgan fingerprint density at radius 1 is 1.19 bits per heavy atom. The predicted molar refractivity (Wildman–Crippen MR) is 135 cm³/mol. The largest absolute Gasteiger partial charge is 0.494 e. The quantitative estimate of drug-likeness (QED) is 0.524. The van der Waals surface area contributed by atoms with Gasteiger partial charge in [-0.1, -0.05) is 19.9 Å². The molecule has 1 aromatic heterocycles. The van der Waals surface area contributed by atoms with Gasteiger partial charge >= 0.3 is 0 Å². The molecule has 2 aliphatic rings. The minimum atomic E-state index is -0.939. The molecule has 5 rings (SSSR count). The van der Waals surface area contributed by atoms with Crippen LogP contribution < -0.4 is 15.6 Å². The molecular weight excluding hydrogens is 477 g/mol. The molecule has 0 saturated heterocycles. The van der Waals surface area contributed by atoms with Crippen LogP contribution in [0.4, 0.5) is 10.1 Å². The summed E-state index contributed by atoms with van der Waals surface area (Å²) in [5.41, 5.74) is 2.85. The maximum absolute atomic E-state index is 15.1. The van der Waals surface area contributed by atoms with Crippen LogP contribution in [0.3, 0.4) is 0 Å². The summed E-state index contributed by atoms with van der Waals surface area (Å²) in [6, 6.07) is 8.92. The van der Waals surface area contributed by atoms with Crippen molar-refractivity contribution in [3.05, 3.63) is 80.6 Å². The molecule has 8 nitrogen and oxygen atoms in total. The summed E-state index contributed by atoms with van der Waals surface area (Å²) in [5.74, 6) is -0.251. The van der Waals surface area contributed by atoms with E-state index in [1.165, 1.54) is 17.0 Å². The molecule has 0 fully saturated rings. The van der Waals surface area contributed by atoms with Gasteiger partial charge in [-0.05, 0) is 78.1 Å². The van der Waals surface area contributed by atoms with Crippen molar-refractivity contribution in [2.75, 3.05) is 18.5 Å². The summed E-state index contributed by atoms with van der Waals surface area (Å²) in [6.45, 7) is 6.74. The third-order valence-corrected chi connectivity index (χ3v) is 7.26. The number of nitrogens with zero attached hydrogens (tertiary/aromatic N) is 1. The summed E-state index contributed by atoms with van der Waals surface area (Å²) < 4.78 is 25.8. The van der Waals surface area contributed by atoms with Crippen molar-refractivity contribution in [1.29, 1.82) is 0 Å². The van der Waals surface area contributed by atoms with Gasteiger partial charge in [-0.25, -0.2) is 4.39 Å². The van der Waals surface area contributed by atoms with Gasteiger partial charge in [0.2, 0.25) is 5.91 Å². The normalized spacial score (nSPS) is 17.7. The lowest BCUT2D eigenvalue weighted by molar-refractivity contribution is -0.139. The Hall–Kier alpha value is -3.88. The maximum atomic E-state index is 15.1. The monoisotopic (exact) mass is 507 g/mol. The van der Waals surface area contributed by atoms with Crippen LogP contribution in [0.25, 0.3) is 0 Å². The Kier molecular flexibility index (Phi) is 6.39. The van der Waals surface area contributed by atoms with Gasteiger partial charge in [0.25, 0.3) is 11.5 Å². The number of anilines is 1. The third kappa shape index (κ3) is 4.77. The lowest BCUT2D eigenvalue weighted by Crippen LogP contribution is -2.46. The van der Waals surface area contributed by atoms with Gasteiger partial charge < -0.3 is 19.5 Å². The smallest absolute Gasteiger partial charge is 0.280 e. The zero-order valence-electron chi connectivity index (χ0n) is 21.2. The minimum Gasteiger partial charge on any atom is -0.494 e. The number of carbonyl (C=O) groups excluding carboxylic acids is 2. The van der Waals surface area contributed by atoms with Crippen molar-refractivity contribution in [2.24, 2.45) is 0 Å². The number of amides is 2. The molecule has 3 aromatic rings. The van der Waals surface area contributed by atoms with Crippen LogP contribution in [-0.4, -0.2) is 35.0 Å². The van der Waals surface area contributed by atoms with Gasteiger partial charge in [-0.15, -0.1) is 0 Å². The van der Waals surface area contributed by atoms with Crippen LogP contribution in [0.5, 0.6) is 5.75 Å². The molecule has 0 spiro atoms. The van der Waals surface area contributed by atoms with Crippen molar-refractivity contribution in [2.45, 2.75) is 57.9 Å². The van der Waals surface area contributed by atoms with Crippen LogP contribution in [0.2, 0.25) is 0 Å². The number of aromatic nitrogens is 1. The van der Waals surface area contributed by atoms with Crippen LogP contribution in [-0.2, 0) is 34.3 Å². The van der Waals surface area contributed by atoms with Crippen molar-refractivity contribution < 1.29 is 23.2 Å². The standard InChI is InChI=1S/C28H30FN3O5/c1-4-36-19-5-6-21-16(12-19)8-10-32(24(34)15-20-14-23(33)31-37-20)26(21)27(35)30-18-11-17-7-9-28(2,3)25(17)22(29)13-18/h5-6,11-14,26H,4,7-10,15H2,1-3H3,(H,30,35)(H,31,33). The molecule has 194 valence electrons. The summed E-state index contributed by atoms with van der Waals surface area (Å²) in [7, 11) is 0. The van der Waals surface area contributed by atoms with E-state index < -0.39 is 17.5 Å². The molecule has 1 atom stereocenters. The average Bonchev–Trinajstić information content (AvgIpc) is 3.39. The number of fused-ring (bicyclic) bond motifs is 2. The first-order valence-corrected chi connectivity index (χ1v) is 12.5. The number of hydrogen-bond donors (Lipinski definition) is 2. The third-order valence-electron chi connectivity index (χ3n) is 7.26. The molecule has 0 radical (unpaired) electrons. The van der Waals surface area contributed by atoms with Crippen molar-refractivity contribution in [3.8, 4) is 5.75 Å². The Morgan fingerprint density at radius 3 is 2.73 bits per heavy atom. The van der Waals surface area contributed by atoms with E-state index in [1.54, 1.807) is 12.1 Å². The van der Waals surface area contributed by atoms with Gasteiger partial charge in [-0.3, -0.25) is 14.4 Å². The number of hydrogen-bond acceptors (Lipinski definition) is 5. The number of rotatable bonds is 6. The van der Waals surface area contributed by atoms with Crippen LogP contribution in [0.15, 0.2) is 45.7 Å². The maximum Gasteiger partial charge on any atom is 0.280 e. The first kappa shape index (κ1) is 24.8. The van der Waals surface area contributed by atoms with E-state index in [1.807, 2.05) is 32.9 Å². The number of benzene rings is 2. The van der Waals surface area contributed by atoms with Crippen LogP contribution in [0, 0.1) is 5.82 Å². The molecule has 1 unspecified atom stereocenters. The number of nitrogens with one attached hydrogen (secondary N) is 2. The second-order valence-corrected chi connectivity index (χ2v) is 10.3. The Bertz CT molecular complexity index is 1420. The summed E-state index contributed by atoms with van der Waals surface area (Å²) in [5, 5.41) is 5.04. The van der Waals surface area contributed by atoms with E-state index in [0.717, 1.165) is 24.0 Å². The van der Waals surface area contributed by atoms with Crippen molar-refractivity contribution >= 4 is 17.5 Å². The average molecular weight is 508 g/mol. The van der Waals surface area contributed by atoms with E-state index in [4.69, 9.17) is 9.26 Å². The Labute approximate surface area is 213 Å². The van der Waals surface area contributed by atoms with Gasteiger partial charge in [-0.2, -0.15) is 5.16 Å². The predicted octanol–water partition coefficient (Wildman–Crippen LogP) is 4.04. The van der Waals surface area contributed by atoms with Gasteiger partial charge in [0.15, 0.2) is 0 Å². The minimum absolute atomic E-state index is 0.169. The van der Waals surface area contributed by atoms with E-state index in [-0.39, 0.29) is 29.3 Å². The topological polar surface area (TPSA) is 105 Å². The number of ether oxygens (including phenoxy) is 1. The van der Waals surface area contributed by atoms with Crippen molar-refractivity contribution in [3.63, 3.8) is 0 Å². The van der Waals surface area contributed by atoms with E-state index in [9.17, 15) is 14.4 Å². The SMILES string of the molecule is CCOc1ccc2c(c1)CCN(C(=O)Cc1cc(=O)[nH]o1)C2C(=O)Nc1cc(F)c2c(c1)CCC2(C)C. The van der Waals surface area contributed by atoms with E-state index in [2.05, 4.69) is 10.5 Å². The summed E-state index contributed by atoms with van der Waals surface area (Å²) in [6.07, 6.45) is 1.94. The number of H-pyrrole nitrogens is 1. The van der Waals surface area contributed by atoms with Crippen LogP contribution in [0.1, 0.15) is 61.2 Å². The fourth-order valence-electron chi connectivity index (χ4n) is 5.54. The zero-order chi connectivity index (χ0) is 26.3. The zero-order valence-corrected chi connectivity index (χ0v) is 21.2. The van der Waals surface area contributed by atoms with E-state index >= 15 is 4.39 Å². The summed E-state index contributed by atoms with van der Waals surface area (Å²) >= 11 is 0. The fraction of sp³-hybridized carbons (Fsp3) is 0.393. The first-order chi connectivity index (χ1) is 17.7. The highest BCUT2D eigenvalue weighted by Crippen LogP contribution is 2.41. The molecular formula is C28H30FN3O5. The van der Waals surface area contributed by atoms with Crippen molar-refractivity contribution in [1.82, 2.24) is 10.1 Å².